The van der Waals surface area contributed by atoms with Gasteiger partial charge in [-0.15, -0.1) is 0 Å². The molecule has 3 aromatic carbocycles. The molecule has 29 heavy (non-hydrogen) atoms. The van der Waals surface area contributed by atoms with Gasteiger partial charge in [-0.3, -0.25) is 4.79 Å². The number of halogens is 1. The van der Waals surface area contributed by atoms with E-state index in [1.54, 1.807) is 42.5 Å². The minimum Gasteiger partial charge on any atom is -0.482 e. The van der Waals surface area contributed by atoms with Crippen LogP contribution in [-0.4, -0.2) is 17.5 Å². The van der Waals surface area contributed by atoms with Gasteiger partial charge in [-0.2, -0.15) is 0 Å². The zero-order valence-electron chi connectivity index (χ0n) is 16.0. The Balaban J connectivity index is 1.48. The van der Waals surface area contributed by atoms with Crippen LogP contribution in [0.25, 0.3) is 22.6 Å². The summed E-state index contributed by atoms with van der Waals surface area (Å²) in [4.78, 5) is 16.8. The maximum absolute atomic E-state index is 12.2. The van der Waals surface area contributed by atoms with E-state index in [9.17, 15) is 4.79 Å². The van der Waals surface area contributed by atoms with E-state index < -0.39 is 0 Å². The molecule has 0 radical (unpaired) electrons. The second-order valence-electron chi connectivity index (χ2n) is 6.85. The summed E-state index contributed by atoms with van der Waals surface area (Å²) in [6, 6.07) is 18.5. The topological polar surface area (TPSA) is 64.4 Å². The monoisotopic (exact) mass is 406 g/mol. The fraction of sp³-hybridized carbons (Fsp3) is 0.130. The smallest absolute Gasteiger partial charge is 0.262 e. The summed E-state index contributed by atoms with van der Waals surface area (Å²) in [6.07, 6.45) is 0. The largest absolute Gasteiger partial charge is 0.482 e. The summed E-state index contributed by atoms with van der Waals surface area (Å²) in [5.41, 5.74) is 5.17. The third-order valence-electron chi connectivity index (χ3n) is 4.34. The number of nitrogens with zero attached hydrogens (tertiary/aromatic N) is 1. The van der Waals surface area contributed by atoms with Crippen molar-refractivity contribution < 1.29 is 13.9 Å². The van der Waals surface area contributed by atoms with Gasteiger partial charge in [-0.1, -0.05) is 40.9 Å². The van der Waals surface area contributed by atoms with Crippen molar-refractivity contribution in [3.8, 4) is 17.2 Å². The van der Waals surface area contributed by atoms with Crippen molar-refractivity contribution in [2.45, 2.75) is 13.8 Å². The van der Waals surface area contributed by atoms with Crippen LogP contribution in [0.15, 0.2) is 65.1 Å². The molecule has 0 unspecified atom stereocenters. The number of aryl methyl sites for hydroxylation is 2. The molecule has 0 bridgehead atoms. The molecule has 5 nitrogen and oxygen atoms in total. The van der Waals surface area contributed by atoms with Crippen LogP contribution in [0.5, 0.6) is 5.75 Å². The lowest BCUT2D eigenvalue weighted by atomic mass is 10.1. The molecule has 4 rings (SSSR count). The second-order valence-corrected chi connectivity index (χ2v) is 7.25. The first-order valence-electron chi connectivity index (χ1n) is 9.14. The highest BCUT2D eigenvalue weighted by Gasteiger charge is 2.11. The van der Waals surface area contributed by atoms with E-state index in [0.29, 0.717) is 33.4 Å². The van der Waals surface area contributed by atoms with Gasteiger partial charge in [0.05, 0.1) is 5.02 Å². The first kappa shape index (κ1) is 19.0. The Bertz CT molecular complexity index is 1180. The maximum atomic E-state index is 12.2. The summed E-state index contributed by atoms with van der Waals surface area (Å²) in [6.45, 7) is 3.93. The minimum absolute atomic E-state index is 0.144. The van der Waals surface area contributed by atoms with Crippen LogP contribution in [0.3, 0.4) is 0 Å². The summed E-state index contributed by atoms with van der Waals surface area (Å²) >= 11 is 6.03. The Morgan fingerprint density at radius 3 is 2.59 bits per heavy atom. The molecule has 0 aliphatic carbocycles. The molecule has 1 amide bonds. The highest BCUT2D eigenvalue weighted by Crippen LogP contribution is 2.28. The molecule has 0 aliphatic heterocycles. The Morgan fingerprint density at radius 1 is 1.07 bits per heavy atom. The summed E-state index contributed by atoms with van der Waals surface area (Å²) in [5.74, 6) is 0.731. The Morgan fingerprint density at radius 2 is 1.83 bits per heavy atom. The van der Waals surface area contributed by atoms with E-state index >= 15 is 0 Å². The van der Waals surface area contributed by atoms with E-state index in [0.717, 1.165) is 16.7 Å². The number of hydrogen-bond acceptors (Lipinski definition) is 4. The molecule has 1 aromatic heterocycles. The molecule has 0 aliphatic rings. The number of fused-ring (bicyclic) bond motifs is 1. The zero-order chi connectivity index (χ0) is 20.4. The number of amides is 1. The lowest BCUT2D eigenvalue weighted by molar-refractivity contribution is -0.118. The van der Waals surface area contributed by atoms with Crippen molar-refractivity contribution in [1.29, 1.82) is 0 Å². The highest BCUT2D eigenvalue weighted by molar-refractivity contribution is 6.32. The highest BCUT2D eigenvalue weighted by atomic mass is 35.5. The van der Waals surface area contributed by atoms with Gasteiger partial charge in [0.1, 0.15) is 11.3 Å². The summed E-state index contributed by atoms with van der Waals surface area (Å²) < 4.78 is 11.3. The second kappa shape index (κ2) is 7.97. The quantitative estimate of drug-likeness (QED) is 0.456. The first-order valence-corrected chi connectivity index (χ1v) is 9.52. The SMILES string of the molecule is Cc1cc(C)cc(-c2nc3cc(NC(=O)COc4ccccc4Cl)ccc3o2)c1. The molecule has 1 heterocycles. The van der Waals surface area contributed by atoms with Crippen molar-refractivity contribution in [3.63, 3.8) is 0 Å². The Hall–Kier alpha value is -3.31. The number of nitrogens with one attached hydrogen (secondary N) is 1. The van der Waals surface area contributed by atoms with Gasteiger partial charge in [0, 0.05) is 11.3 Å². The van der Waals surface area contributed by atoms with E-state index in [1.807, 2.05) is 26.0 Å². The van der Waals surface area contributed by atoms with Gasteiger partial charge in [0.15, 0.2) is 12.2 Å². The fourth-order valence-corrected chi connectivity index (χ4v) is 3.32. The Labute approximate surface area is 173 Å². The van der Waals surface area contributed by atoms with Crippen molar-refractivity contribution in [2.24, 2.45) is 0 Å². The van der Waals surface area contributed by atoms with Gasteiger partial charge in [-0.25, -0.2) is 4.98 Å². The number of hydrogen-bond donors (Lipinski definition) is 1. The Kier molecular flexibility index (Phi) is 5.23. The molecule has 6 heteroatoms. The predicted molar refractivity (Wildman–Crippen MR) is 114 cm³/mol. The summed E-state index contributed by atoms with van der Waals surface area (Å²) in [5, 5.41) is 3.26. The molecule has 0 saturated heterocycles. The number of carbonyl (C=O) groups excluding carboxylic acids is 1. The van der Waals surface area contributed by atoms with E-state index in [-0.39, 0.29) is 12.5 Å². The number of para-hydroxylation sites is 1. The molecule has 0 fully saturated rings. The number of anilines is 1. The molecule has 0 saturated carbocycles. The number of ether oxygens (including phenoxy) is 1. The first-order chi connectivity index (χ1) is 14.0. The van der Waals surface area contributed by atoms with Crippen molar-refractivity contribution in [3.05, 3.63) is 76.8 Å². The van der Waals surface area contributed by atoms with Crippen LogP contribution < -0.4 is 10.1 Å². The third kappa shape index (κ3) is 4.41. The molecule has 0 atom stereocenters. The van der Waals surface area contributed by atoms with Gasteiger partial charge >= 0.3 is 0 Å². The van der Waals surface area contributed by atoms with Gasteiger partial charge in [0.25, 0.3) is 5.91 Å². The van der Waals surface area contributed by atoms with Gasteiger partial charge in [-0.05, 0) is 56.3 Å². The molecule has 4 aromatic rings. The number of aromatic nitrogens is 1. The lowest BCUT2D eigenvalue weighted by Crippen LogP contribution is -2.20. The minimum atomic E-state index is -0.290. The fourth-order valence-electron chi connectivity index (χ4n) is 3.13. The number of rotatable bonds is 5. The van der Waals surface area contributed by atoms with Crippen LogP contribution in [-0.2, 0) is 4.79 Å². The third-order valence-corrected chi connectivity index (χ3v) is 4.65. The van der Waals surface area contributed by atoms with E-state index in [1.165, 1.54) is 0 Å². The van der Waals surface area contributed by atoms with Crippen LogP contribution in [0, 0.1) is 13.8 Å². The van der Waals surface area contributed by atoms with Crippen LogP contribution in [0.1, 0.15) is 11.1 Å². The van der Waals surface area contributed by atoms with Crippen LogP contribution in [0.2, 0.25) is 5.02 Å². The van der Waals surface area contributed by atoms with Gasteiger partial charge in [0.2, 0.25) is 5.89 Å². The van der Waals surface area contributed by atoms with Crippen LogP contribution in [0.4, 0.5) is 5.69 Å². The normalized spacial score (nSPS) is 10.9. The van der Waals surface area contributed by atoms with Crippen molar-refractivity contribution in [2.75, 3.05) is 11.9 Å². The number of carbonyl (C=O) groups is 1. The molecular formula is C23H19ClN2O3. The molecule has 146 valence electrons. The number of benzene rings is 3. The average Bonchev–Trinajstić information content (AvgIpc) is 3.10. The zero-order valence-corrected chi connectivity index (χ0v) is 16.8. The summed E-state index contributed by atoms with van der Waals surface area (Å²) in [7, 11) is 0. The molecule has 1 N–H and O–H groups in total. The lowest BCUT2D eigenvalue weighted by Gasteiger charge is -2.08. The molecular weight excluding hydrogens is 388 g/mol. The predicted octanol–water partition coefficient (Wildman–Crippen LogP) is 5.78. The van der Waals surface area contributed by atoms with Crippen molar-refractivity contribution in [1.82, 2.24) is 4.98 Å². The van der Waals surface area contributed by atoms with E-state index in [2.05, 4.69) is 16.4 Å². The van der Waals surface area contributed by atoms with Crippen molar-refractivity contribution >= 4 is 34.3 Å². The van der Waals surface area contributed by atoms with E-state index in [4.69, 9.17) is 20.8 Å². The number of oxazole rings is 1. The average molecular weight is 407 g/mol. The van der Waals surface area contributed by atoms with Gasteiger partial charge < -0.3 is 14.5 Å². The standard InChI is InChI=1S/C23H19ClN2O3/c1-14-9-15(2)11-16(10-14)23-26-19-12-17(7-8-21(19)29-23)25-22(27)13-28-20-6-4-3-5-18(20)24/h3-12H,13H2,1-2H3,(H,25,27). The van der Waals surface area contributed by atoms with Crippen LogP contribution >= 0.6 is 11.6 Å². The maximum Gasteiger partial charge on any atom is 0.262 e. The molecule has 0 spiro atoms.